The quantitative estimate of drug-likeness (QED) is 0.243. The Kier molecular flexibility index (Phi) is 7.10. The van der Waals surface area contributed by atoms with Gasteiger partial charge in [0.05, 0.1) is 35.2 Å². The molecule has 224 valence electrons. The molecule has 4 heterocycles. The van der Waals surface area contributed by atoms with Gasteiger partial charge in [0.1, 0.15) is 5.65 Å². The molecule has 0 radical (unpaired) electrons. The Morgan fingerprint density at radius 1 is 1.21 bits per heavy atom. The first-order valence-corrected chi connectivity index (χ1v) is 14.7. The lowest BCUT2D eigenvalue weighted by molar-refractivity contribution is -0.138. The maximum atomic E-state index is 14.3. The minimum atomic E-state index is -4.62. The largest absolute Gasteiger partial charge is 0.417 e. The number of hydrogen-bond acceptors (Lipinski definition) is 5. The molecule has 0 aliphatic carbocycles. The highest BCUT2D eigenvalue weighted by molar-refractivity contribution is 9.10. The topological polar surface area (TPSA) is 100 Å². The van der Waals surface area contributed by atoms with Crippen LogP contribution in [0.25, 0.3) is 22.2 Å². The van der Waals surface area contributed by atoms with E-state index in [9.17, 15) is 22.8 Å². The molecule has 1 amide bonds. The van der Waals surface area contributed by atoms with E-state index in [4.69, 9.17) is 0 Å². The monoisotopic (exact) mass is 655 g/mol. The number of aromatic nitrogens is 5. The van der Waals surface area contributed by atoms with E-state index >= 15 is 0 Å². The van der Waals surface area contributed by atoms with Crippen LogP contribution in [0.4, 0.5) is 19.0 Å². The molecular formula is C30H29BrF3N7O2. The fourth-order valence-corrected chi connectivity index (χ4v) is 6.33. The number of benzene rings is 2. The first kappa shape index (κ1) is 29.0. The summed E-state index contributed by atoms with van der Waals surface area (Å²) in [5.41, 5.74) is 2.70. The van der Waals surface area contributed by atoms with Crippen molar-refractivity contribution in [2.45, 2.75) is 52.4 Å². The van der Waals surface area contributed by atoms with E-state index in [1.165, 1.54) is 17.0 Å². The molecule has 9 nitrogen and oxygen atoms in total. The Labute approximate surface area is 252 Å². The first-order chi connectivity index (χ1) is 20.4. The number of fused-ring (bicyclic) bond motifs is 4. The summed E-state index contributed by atoms with van der Waals surface area (Å²) in [5.74, 6) is 0.424. The van der Waals surface area contributed by atoms with Gasteiger partial charge in [0, 0.05) is 39.6 Å². The Morgan fingerprint density at radius 2 is 1.98 bits per heavy atom. The van der Waals surface area contributed by atoms with Crippen LogP contribution >= 0.6 is 15.9 Å². The maximum Gasteiger partial charge on any atom is 0.417 e. The zero-order chi connectivity index (χ0) is 30.8. The van der Waals surface area contributed by atoms with Crippen molar-refractivity contribution >= 4 is 44.2 Å². The molecule has 2 N–H and O–H groups in total. The fraction of sp³-hybridized carbons (Fsp3) is 0.333. The van der Waals surface area contributed by atoms with Crippen LogP contribution in [0.2, 0.25) is 0 Å². The lowest BCUT2D eigenvalue weighted by Crippen LogP contribution is -2.46. The van der Waals surface area contributed by atoms with Crippen LogP contribution in [-0.2, 0) is 25.6 Å². The van der Waals surface area contributed by atoms with Crippen molar-refractivity contribution < 1.29 is 18.0 Å². The molecule has 43 heavy (non-hydrogen) atoms. The van der Waals surface area contributed by atoms with Gasteiger partial charge in [-0.15, -0.1) is 0 Å². The number of anilines is 1. The van der Waals surface area contributed by atoms with Gasteiger partial charge in [0.15, 0.2) is 5.82 Å². The summed E-state index contributed by atoms with van der Waals surface area (Å²) < 4.78 is 44.0. The second-order valence-electron chi connectivity index (χ2n) is 11.3. The number of halogens is 4. The Bertz CT molecular complexity index is 1960. The average molecular weight is 657 g/mol. The zero-order valence-corrected chi connectivity index (χ0v) is 25.5. The lowest BCUT2D eigenvalue weighted by atomic mass is 9.97. The fourth-order valence-electron chi connectivity index (χ4n) is 5.86. The van der Waals surface area contributed by atoms with Crippen molar-refractivity contribution in [3.63, 3.8) is 0 Å². The number of aromatic amines is 1. The third-order valence-corrected chi connectivity index (χ3v) is 8.59. The number of H-pyrrole nitrogens is 1. The summed E-state index contributed by atoms with van der Waals surface area (Å²) in [5, 5.41) is 15.9. The minimum absolute atomic E-state index is 0.0211. The Hall–Kier alpha value is -4.13. The van der Waals surface area contributed by atoms with Crippen LogP contribution in [-0.4, -0.2) is 48.3 Å². The summed E-state index contributed by atoms with van der Waals surface area (Å²) in [6, 6.07) is 8.66. The highest BCUT2D eigenvalue weighted by Crippen LogP contribution is 2.36. The minimum Gasteiger partial charge on any atom is -0.371 e. The smallest absolute Gasteiger partial charge is 0.371 e. The molecule has 0 spiro atoms. The van der Waals surface area contributed by atoms with Gasteiger partial charge in [-0.3, -0.25) is 19.3 Å². The highest BCUT2D eigenvalue weighted by Gasteiger charge is 2.36. The standard InChI is InChI=1S/C30H29BrF3N7O2/c1-15(2)9-18-13-36-41-25-14-39(28(42)17-5-8-23(31)22(11-17)30(32,33)34)16(3)10-21(25)29(43)40(27(18)41)19-6-7-20-24(12-19)37-38-26(20)35-4/h5-8,11-13,15-16H,9-10,14H2,1-4H3,(H2,35,37,38)/t16-/m1/s1. The van der Waals surface area contributed by atoms with Gasteiger partial charge < -0.3 is 10.2 Å². The van der Waals surface area contributed by atoms with Gasteiger partial charge >= 0.3 is 6.18 Å². The molecule has 0 saturated carbocycles. The summed E-state index contributed by atoms with van der Waals surface area (Å²) in [6.07, 6.45) is -2.00. The van der Waals surface area contributed by atoms with Crippen LogP contribution in [0.15, 0.2) is 51.9 Å². The number of alkyl halides is 3. The van der Waals surface area contributed by atoms with Crippen LogP contribution in [0.5, 0.6) is 0 Å². The molecule has 13 heteroatoms. The van der Waals surface area contributed by atoms with Gasteiger partial charge in [-0.2, -0.15) is 23.4 Å². The van der Waals surface area contributed by atoms with Crippen molar-refractivity contribution in [1.82, 2.24) is 29.3 Å². The van der Waals surface area contributed by atoms with Crippen LogP contribution in [0, 0.1) is 5.92 Å². The Balaban J connectivity index is 1.50. The third kappa shape index (κ3) is 4.89. The van der Waals surface area contributed by atoms with E-state index in [0.29, 0.717) is 34.8 Å². The van der Waals surface area contributed by atoms with Crippen molar-refractivity contribution in [3.05, 3.63) is 85.4 Å². The molecule has 5 aromatic rings. The predicted octanol–water partition coefficient (Wildman–Crippen LogP) is 5.97. The number of hydrogen-bond donors (Lipinski definition) is 2. The second-order valence-corrected chi connectivity index (χ2v) is 12.2. The van der Waals surface area contributed by atoms with E-state index in [0.717, 1.165) is 22.5 Å². The highest BCUT2D eigenvalue weighted by atomic mass is 79.9. The van der Waals surface area contributed by atoms with Crippen molar-refractivity contribution in [2.75, 3.05) is 12.4 Å². The molecule has 0 fully saturated rings. The number of nitrogens with one attached hydrogen (secondary N) is 2. The van der Waals surface area contributed by atoms with Gasteiger partial charge in [0.2, 0.25) is 0 Å². The van der Waals surface area contributed by atoms with Crippen molar-refractivity contribution in [2.24, 2.45) is 5.92 Å². The van der Waals surface area contributed by atoms with Crippen LogP contribution < -0.4 is 10.9 Å². The Morgan fingerprint density at radius 3 is 2.67 bits per heavy atom. The summed E-state index contributed by atoms with van der Waals surface area (Å²) in [7, 11) is 1.78. The third-order valence-electron chi connectivity index (χ3n) is 7.89. The van der Waals surface area contributed by atoms with E-state index in [-0.39, 0.29) is 34.5 Å². The van der Waals surface area contributed by atoms with E-state index in [1.54, 1.807) is 29.3 Å². The average Bonchev–Trinajstić information content (AvgIpc) is 3.56. The molecule has 2 aromatic carbocycles. The lowest BCUT2D eigenvalue weighted by Gasteiger charge is -2.35. The molecule has 6 rings (SSSR count). The molecule has 1 atom stereocenters. The van der Waals surface area contributed by atoms with E-state index in [1.807, 2.05) is 18.2 Å². The molecule has 3 aromatic heterocycles. The normalized spacial score (nSPS) is 15.5. The second kappa shape index (κ2) is 10.5. The number of carbonyl (C=O) groups excluding carboxylic acids is 1. The number of amides is 1. The SMILES string of the molecule is CNc1n[nH]c2cc(-n3c(=O)c4c(n5ncc(CC(C)C)c35)CN(C(=O)c3ccc(Br)c(C(F)(F)F)c3)[C@H](C)C4)ccc12. The van der Waals surface area contributed by atoms with Crippen molar-refractivity contribution in [3.8, 4) is 5.69 Å². The number of nitrogens with zero attached hydrogens (tertiary/aromatic N) is 5. The molecular weight excluding hydrogens is 627 g/mol. The summed E-state index contributed by atoms with van der Waals surface area (Å²) >= 11 is 2.94. The van der Waals surface area contributed by atoms with Crippen LogP contribution in [0.1, 0.15) is 53.5 Å². The van der Waals surface area contributed by atoms with E-state index in [2.05, 4.69) is 50.4 Å². The van der Waals surface area contributed by atoms with Gasteiger partial charge in [-0.05, 0) is 62.1 Å². The molecule has 0 unspecified atom stereocenters. The predicted molar refractivity (Wildman–Crippen MR) is 161 cm³/mol. The van der Waals surface area contributed by atoms with E-state index < -0.39 is 23.7 Å². The molecule has 0 saturated heterocycles. The maximum absolute atomic E-state index is 14.3. The summed E-state index contributed by atoms with van der Waals surface area (Å²) in [4.78, 5) is 29.4. The van der Waals surface area contributed by atoms with Gasteiger partial charge in [-0.25, -0.2) is 4.52 Å². The first-order valence-electron chi connectivity index (χ1n) is 13.9. The van der Waals surface area contributed by atoms with Gasteiger partial charge in [-0.1, -0.05) is 29.8 Å². The van der Waals surface area contributed by atoms with Crippen molar-refractivity contribution in [1.29, 1.82) is 0 Å². The summed E-state index contributed by atoms with van der Waals surface area (Å²) in [6.45, 7) is 5.97. The van der Waals surface area contributed by atoms with Crippen LogP contribution in [0.3, 0.4) is 0 Å². The zero-order valence-electron chi connectivity index (χ0n) is 23.9. The van der Waals surface area contributed by atoms with Gasteiger partial charge in [0.25, 0.3) is 11.5 Å². The molecule has 1 aliphatic heterocycles. The molecule has 0 bridgehead atoms. The number of carbonyl (C=O) groups is 1. The molecule has 1 aliphatic rings. The number of rotatable bonds is 5.